The van der Waals surface area contributed by atoms with Crippen molar-refractivity contribution < 1.29 is 33.3 Å². The smallest absolute Gasteiger partial charge is 0.262 e. The zero-order valence-corrected chi connectivity index (χ0v) is 26.6. The van der Waals surface area contributed by atoms with Crippen molar-refractivity contribution in [1.29, 1.82) is 0 Å². The van der Waals surface area contributed by atoms with Gasteiger partial charge in [0.25, 0.3) is 5.01 Å². The van der Waals surface area contributed by atoms with Gasteiger partial charge in [-0.1, -0.05) is 83.8 Å². The second kappa shape index (κ2) is 14.2. The highest BCUT2D eigenvalue weighted by molar-refractivity contribution is 8.03. The van der Waals surface area contributed by atoms with Crippen LogP contribution in [0, 0.1) is 0 Å². The maximum absolute atomic E-state index is 5.89. The van der Waals surface area contributed by atoms with E-state index in [1.165, 1.54) is 42.0 Å². The number of para-hydroxylation sites is 2. The Hall–Kier alpha value is -2.55. The third-order valence-corrected chi connectivity index (χ3v) is 9.14. The fourth-order valence-corrected chi connectivity index (χ4v) is 7.39. The predicted octanol–water partition coefficient (Wildman–Crippen LogP) is 5.82. The van der Waals surface area contributed by atoms with E-state index in [4.69, 9.17) is 4.74 Å². The molecule has 0 N–H and O–H groups in total. The summed E-state index contributed by atoms with van der Waals surface area (Å²) in [4.78, 5) is 3.70. The summed E-state index contributed by atoms with van der Waals surface area (Å²) in [5.41, 5.74) is 5.13. The highest BCUT2D eigenvalue weighted by Crippen LogP contribution is 2.45. The average molecular weight is 667 g/mol. The quantitative estimate of drug-likeness (QED) is 0.171. The van der Waals surface area contributed by atoms with Gasteiger partial charge in [-0.05, 0) is 68.5 Å². The molecule has 1 aliphatic heterocycles. The van der Waals surface area contributed by atoms with Crippen molar-refractivity contribution in [2.75, 3.05) is 18.6 Å². The second-order valence-electron chi connectivity index (χ2n) is 9.18. The van der Waals surface area contributed by atoms with Gasteiger partial charge in [0.2, 0.25) is 5.52 Å². The van der Waals surface area contributed by atoms with Gasteiger partial charge < -0.3 is 33.6 Å². The molecule has 3 aromatic rings. The summed E-state index contributed by atoms with van der Waals surface area (Å²) in [5, 5.41) is 2.54. The van der Waals surface area contributed by atoms with E-state index in [2.05, 4.69) is 120 Å². The number of ether oxygens (including phenoxy) is 1. The van der Waals surface area contributed by atoms with E-state index in [9.17, 15) is 0 Å². The molecule has 202 valence electrons. The Morgan fingerprint density at radius 2 is 1.69 bits per heavy atom. The van der Waals surface area contributed by atoms with Crippen LogP contribution in [-0.2, 0) is 11.3 Å². The first kappa shape index (κ1) is 29.4. The summed E-state index contributed by atoms with van der Waals surface area (Å²) >= 11 is 3.68. The molecule has 2 aromatic carbocycles. The Bertz CT molecular complexity index is 1490. The third-order valence-electron chi connectivity index (χ3n) is 6.88. The minimum absolute atomic E-state index is 0. The molecule has 39 heavy (non-hydrogen) atoms. The van der Waals surface area contributed by atoms with E-state index >= 15 is 0 Å². The highest BCUT2D eigenvalue weighted by atomic mass is 127. The van der Waals surface area contributed by atoms with Crippen LogP contribution in [0.3, 0.4) is 0 Å². The van der Waals surface area contributed by atoms with Gasteiger partial charge in [-0.15, -0.1) is 0 Å². The number of thioether (sulfide) groups is 1. The van der Waals surface area contributed by atoms with Gasteiger partial charge in [-0.25, -0.2) is 0 Å². The SMILES string of the molecule is CCN1/C(=C/C=C/C=C2\CCCC(/C=C/C=C/c3sc4ccccc4[n+]3CC)=C2OC)Sc2ccccc21.[I-]. The molecular formula is C33H35IN2OS2. The summed E-state index contributed by atoms with van der Waals surface area (Å²) in [7, 11) is 1.79. The molecule has 0 atom stereocenters. The van der Waals surface area contributed by atoms with Crippen LogP contribution in [0.5, 0.6) is 0 Å². The molecule has 0 saturated carbocycles. The fraction of sp³-hybridized carbons (Fsp3) is 0.242. The number of anilines is 1. The van der Waals surface area contributed by atoms with Crippen LogP contribution in [0.4, 0.5) is 5.69 Å². The van der Waals surface area contributed by atoms with E-state index in [0.717, 1.165) is 38.1 Å². The number of thiazole rings is 1. The summed E-state index contributed by atoms with van der Waals surface area (Å²) in [6, 6.07) is 17.2. The van der Waals surface area contributed by atoms with Crippen molar-refractivity contribution in [3.8, 4) is 0 Å². The number of nitrogens with zero attached hydrogens (tertiary/aromatic N) is 2. The molecule has 0 spiro atoms. The van der Waals surface area contributed by atoms with Gasteiger partial charge in [-0.3, -0.25) is 0 Å². The lowest BCUT2D eigenvalue weighted by atomic mass is 9.92. The van der Waals surface area contributed by atoms with Gasteiger partial charge in [0.15, 0.2) is 0 Å². The number of benzene rings is 2. The molecule has 2 heterocycles. The number of halogens is 1. The Kier molecular flexibility index (Phi) is 10.7. The molecule has 3 nitrogen and oxygen atoms in total. The highest BCUT2D eigenvalue weighted by Gasteiger charge is 2.22. The molecule has 2 aliphatic rings. The summed E-state index contributed by atoms with van der Waals surface area (Å²) in [6.45, 7) is 6.34. The Morgan fingerprint density at radius 1 is 0.923 bits per heavy atom. The molecule has 0 saturated heterocycles. The lowest BCUT2D eigenvalue weighted by molar-refractivity contribution is -0.665. The number of aromatic nitrogens is 1. The maximum atomic E-state index is 5.89. The number of fused-ring (bicyclic) bond motifs is 2. The Balaban J connectivity index is 0.00000353. The Labute approximate surface area is 258 Å². The van der Waals surface area contributed by atoms with Crippen molar-refractivity contribution in [2.24, 2.45) is 0 Å². The molecule has 1 aromatic heterocycles. The number of hydrogen-bond acceptors (Lipinski definition) is 4. The van der Waals surface area contributed by atoms with Crippen LogP contribution in [0.15, 0.2) is 118 Å². The van der Waals surface area contributed by atoms with Crippen LogP contribution in [-0.4, -0.2) is 13.7 Å². The van der Waals surface area contributed by atoms with Gasteiger partial charge in [0.1, 0.15) is 17.0 Å². The predicted molar refractivity (Wildman–Crippen MR) is 164 cm³/mol. The maximum Gasteiger partial charge on any atom is 0.262 e. The number of hydrogen-bond donors (Lipinski definition) is 0. The topological polar surface area (TPSA) is 16.4 Å². The van der Waals surface area contributed by atoms with Crippen LogP contribution in [0.25, 0.3) is 16.3 Å². The lowest BCUT2D eigenvalue weighted by Crippen LogP contribution is -3.00. The standard InChI is InChI=1S/C33H35N2OS2.HI/c1-4-34-27-19-8-10-21-29(27)37-31(34)23-12-6-15-25-17-14-18-26(33(25)36-3)16-7-13-24-32-35(5-2)28-20-9-11-22-30(28)38-32;/h6-13,15-16,19-24H,4-5,14,17-18H2,1-3H3;1H/q+1;/p-1. The Morgan fingerprint density at radius 3 is 2.51 bits per heavy atom. The monoisotopic (exact) mass is 666 g/mol. The zero-order valence-electron chi connectivity index (χ0n) is 22.8. The van der Waals surface area contributed by atoms with Crippen molar-refractivity contribution >= 4 is 45.1 Å². The number of aryl methyl sites for hydroxylation is 1. The van der Waals surface area contributed by atoms with Crippen LogP contribution < -0.4 is 33.4 Å². The minimum Gasteiger partial charge on any atom is -1.00 e. The third kappa shape index (κ3) is 6.61. The first-order chi connectivity index (χ1) is 18.7. The van der Waals surface area contributed by atoms with Crippen molar-refractivity contribution in [3.05, 3.63) is 118 Å². The first-order valence-electron chi connectivity index (χ1n) is 13.4. The van der Waals surface area contributed by atoms with E-state index in [0.29, 0.717) is 0 Å². The fourth-order valence-electron chi connectivity index (χ4n) is 5.11. The molecular weight excluding hydrogens is 631 g/mol. The largest absolute Gasteiger partial charge is 1.00 e. The van der Waals surface area contributed by atoms with E-state index in [1.54, 1.807) is 7.11 Å². The number of rotatable bonds is 8. The van der Waals surface area contributed by atoms with Crippen molar-refractivity contribution in [1.82, 2.24) is 0 Å². The summed E-state index contributed by atoms with van der Waals surface area (Å²) in [5.74, 6) is 1.02. The van der Waals surface area contributed by atoms with Crippen molar-refractivity contribution in [3.63, 3.8) is 0 Å². The van der Waals surface area contributed by atoms with Crippen LogP contribution in [0.2, 0.25) is 0 Å². The zero-order chi connectivity index (χ0) is 26.3. The van der Waals surface area contributed by atoms with Gasteiger partial charge >= 0.3 is 0 Å². The molecule has 0 bridgehead atoms. The number of allylic oxidation sites excluding steroid dienone is 9. The first-order valence-corrected chi connectivity index (χ1v) is 15.0. The molecule has 6 heteroatoms. The van der Waals surface area contributed by atoms with Crippen LogP contribution >= 0.6 is 23.1 Å². The molecule has 0 radical (unpaired) electrons. The lowest BCUT2D eigenvalue weighted by Gasteiger charge is -2.20. The molecule has 0 unspecified atom stereocenters. The van der Waals surface area contributed by atoms with Gasteiger partial charge in [0.05, 0.1) is 17.8 Å². The molecule has 0 fully saturated rings. The van der Waals surface area contributed by atoms with Crippen LogP contribution in [0.1, 0.15) is 38.1 Å². The molecule has 5 rings (SSSR count). The minimum atomic E-state index is 0. The van der Waals surface area contributed by atoms with E-state index in [1.807, 2.05) is 23.1 Å². The summed E-state index contributed by atoms with van der Waals surface area (Å²) in [6.07, 6.45) is 20.7. The summed E-state index contributed by atoms with van der Waals surface area (Å²) < 4.78 is 9.58. The number of methoxy groups -OCH3 is 1. The average Bonchev–Trinajstić information content (AvgIpc) is 3.50. The molecule has 0 amide bonds. The van der Waals surface area contributed by atoms with Crippen molar-refractivity contribution in [2.45, 2.75) is 44.6 Å². The van der Waals surface area contributed by atoms with Gasteiger partial charge in [0, 0.05) is 23.6 Å². The van der Waals surface area contributed by atoms with E-state index < -0.39 is 0 Å². The van der Waals surface area contributed by atoms with Gasteiger partial charge in [-0.2, -0.15) is 4.57 Å². The normalized spacial score (nSPS) is 17.9. The second-order valence-corrected chi connectivity index (χ2v) is 11.3. The molecule has 1 aliphatic carbocycles. The van der Waals surface area contributed by atoms with E-state index in [-0.39, 0.29) is 24.0 Å².